The maximum Gasteiger partial charge on any atom is 0.181 e. The van der Waals surface area contributed by atoms with E-state index in [1.807, 2.05) is 6.20 Å². The second kappa shape index (κ2) is 9.54. The Bertz CT molecular complexity index is 2170. The number of hydrogen-bond acceptors (Lipinski definition) is 2. The van der Waals surface area contributed by atoms with Crippen LogP contribution in [0.3, 0.4) is 0 Å². The van der Waals surface area contributed by atoms with Crippen molar-refractivity contribution >= 4 is 50.2 Å². The molecule has 0 spiro atoms. The van der Waals surface area contributed by atoms with E-state index in [9.17, 15) is 0 Å². The van der Waals surface area contributed by atoms with Crippen LogP contribution in [0, 0.1) is 6.67 Å². The Balaban J connectivity index is 1.21. The summed E-state index contributed by atoms with van der Waals surface area (Å²) in [6, 6.07) is 36.1. The molecule has 9 rings (SSSR count). The molecule has 46 heavy (non-hydrogen) atoms. The number of hydrogen-bond donors (Lipinski definition) is 0. The van der Waals surface area contributed by atoms with Crippen molar-refractivity contribution in [2.75, 3.05) is 25.7 Å². The van der Waals surface area contributed by atoms with Gasteiger partial charge in [-0.3, -0.25) is 9.05 Å². The molecule has 0 unspecified atom stereocenters. The Hall–Kier alpha value is -4.45. The molecule has 232 valence electrons. The summed E-state index contributed by atoms with van der Waals surface area (Å²) < 4.78 is 4.00. The Kier molecular flexibility index (Phi) is 6.01. The first-order chi connectivity index (χ1) is 21.8. The highest BCUT2D eigenvalue weighted by Crippen LogP contribution is 2.61. The highest BCUT2D eigenvalue weighted by molar-refractivity contribution is 6.10. The van der Waals surface area contributed by atoms with Gasteiger partial charge in [0.15, 0.2) is 18.0 Å². The molecule has 5 heteroatoms. The minimum absolute atomic E-state index is 0.0355. The fourth-order valence-corrected chi connectivity index (χ4v) is 7.70. The number of nitrogens with zero attached hydrogens (tertiary/aromatic N) is 5. The van der Waals surface area contributed by atoms with E-state index in [1.54, 1.807) is 0 Å². The van der Waals surface area contributed by atoms with E-state index < -0.39 is 0 Å². The van der Waals surface area contributed by atoms with Crippen molar-refractivity contribution in [2.24, 2.45) is 0 Å². The lowest BCUT2D eigenvalue weighted by atomic mass is 9.86. The predicted molar refractivity (Wildman–Crippen MR) is 195 cm³/mol. The van der Waals surface area contributed by atoms with Gasteiger partial charge >= 0.3 is 0 Å². The van der Waals surface area contributed by atoms with Crippen LogP contribution in [0.2, 0.25) is 0 Å². The molecule has 0 N–H and O–H groups in total. The zero-order valence-electron chi connectivity index (χ0n) is 28.3. The predicted octanol–water partition coefficient (Wildman–Crippen LogP) is 10.2. The molecule has 5 nitrogen and oxygen atoms in total. The van der Waals surface area contributed by atoms with Crippen LogP contribution in [-0.2, 0) is 10.8 Å². The number of quaternary nitrogens is 2. The van der Waals surface area contributed by atoms with Crippen LogP contribution < -0.4 is 13.9 Å². The quantitative estimate of drug-likeness (QED) is 0.147. The zero-order valence-corrected chi connectivity index (χ0v) is 28.3. The molecule has 1 fully saturated rings. The zero-order chi connectivity index (χ0) is 32.2. The fraction of sp³-hybridized carbons (Fsp3) is 0.268. The van der Waals surface area contributed by atoms with Gasteiger partial charge in [0.05, 0.1) is 24.7 Å². The van der Waals surface area contributed by atoms with Crippen molar-refractivity contribution in [1.29, 1.82) is 0 Å². The Labute approximate surface area is 273 Å². The summed E-state index contributed by atoms with van der Waals surface area (Å²) in [4.78, 5) is 7.20. The molecule has 2 bridgehead atoms. The molecule has 0 saturated carbocycles. The van der Waals surface area contributed by atoms with Crippen LogP contribution in [0.5, 0.6) is 0 Å². The van der Waals surface area contributed by atoms with Gasteiger partial charge in [0.1, 0.15) is 11.5 Å². The molecule has 1 saturated heterocycles. The van der Waals surface area contributed by atoms with Gasteiger partial charge in [0.2, 0.25) is 0 Å². The van der Waals surface area contributed by atoms with Crippen LogP contribution in [0.4, 0.5) is 28.4 Å². The third kappa shape index (κ3) is 4.18. The van der Waals surface area contributed by atoms with Crippen LogP contribution in [0.15, 0.2) is 103 Å². The molecule has 3 aliphatic heterocycles. The van der Waals surface area contributed by atoms with E-state index in [0.29, 0.717) is 0 Å². The van der Waals surface area contributed by atoms with Gasteiger partial charge < -0.3 is 9.38 Å². The van der Waals surface area contributed by atoms with Crippen LogP contribution in [0.1, 0.15) is 52.7 Å². The normalized spacial score (nSPS) is 20.6. The van der Waals surface area contributed by atoms with E-state index in [0.717, 1.165) is 32.7 Å². The SMILES string of the molecule is CN(c1cccc([N@@+]23[CH-][N@@+](C)(C2)c2cc(C(C)(C)C)ccc23)c1)c1ccc2c3ccccc3n(-c3cc(C(C)(C)C)ccn3)c2c1. The number of para-hydroxylation sites is 1. The standard InChI is InChI=1S/C41H44N5/c1-40(2,3)28-16-19-37-38(22-28)45(8)26-46(37,27-45)32-13-11-12-30(24-32)43(7)31-17-18-34-33-14-9-10-15-35(33)44(36(34)25-31)39-23-29(20-21-42-39)41(4,5)6/h9-26H,27H2,1-8H3/q+1/t45-,46+/m0/s1. The molecular weight excluding hydrogens is 562 g/mol. The average molecular weight is 607 g/mol. The Morgan fingerprint density at radius 3 is 2.15 bits per heavy atom. The summed E-state index contributed by atoms with van der Waals surface area (Å²) in [5.41, 5.74) is 11.6. The van der Waals surface area contributed by atoms with Gasteiger partial charge in [-0.2, -0.15) is 0 Å². The van der Waals surface area contributed by atoms with E-state index >= 15 is 0 Å². The van der Waals surface area contributed by atoms with Crippen molar-refractivity contribution < 1.29 is 0 Å². The molecule has 5 heterocycles. The lowest BCUT2D eigenvalue weighted by Gasteiger charge is -2.54. The molecule has 0 amide bonds. The molecule has 4 aromatic carbocycles. The highest BCUT2D eigenvalue weighted by Gasteiger charge is 2.59. The molecule has 2 aromatic heterocycles. The second-order valence-corrected chi connectivity index (χ2v) is 15.6. The maximum atomic E-state index is 4.88. The third-order valence-electron chi connectivity index (χ3n) is 10.4. The van der Waals surface area contributed by atoms with Gasteiger partial charge in [-0.1, -0.05) is 77.9 Å². The lowest BCUT2D eigenvalue weighted by Crippen LogP contribution is -2.68. The summed E-state index contributed by atoms with van der Waals surface area (Å²) in [5.74, 6) is 0.952. The van der Waals surface area contributed by atoms with Gasteiger partial charge in [-0.15, -0.1) is 0 Å². The fourth-order valence-electron chi connectivity index (χ4n) is 7.70. The minimum Gasteiger partial charge on any atom is -0.344 e. The number of fused-ring (bicyclic) bond motifs is 3. The van der Waals surface area contributed by atoms with Gasteiger partial charge in [-0.25, -0.2) is 4.98 Å². The van der Waals surface area contributed by atoms with E-state index in [4.69, 9.17) is 4.98 Å². The number of pyridine rings is 1. The summed E-state index contributed by atoms with van der Waals surface area (Å²) in [6.45, 7) is 17.2. The van der Waals surface area contributed by atoms with E-state index in [-0.39, 0.29) is 10.8 Å². The largest absolute Gasteiger partial charge is 0.344 e. The van der Waals surface area contributed by atoms with Gasteiger partial charge in [-0.05, 0) is 64.4 Å². The van der Waals surface area contributed by atoms with Crippen LogP contribution in [0.25, 0.3) is 27.6 Å². The molecule has 6 aromatic rings. The molecule has 0 aliphatic carbocycles. The first kappa shape index (κ1) is 29.0. The topological polar surface area (TPSA) is 21.1 Å². The first-order valence-electron chi connectivity index (χ1n) is 16.4. The average Bonchev–Trinajstić information content (AvgIpc) is 3.58. The minimum atomic E-state index is 0.0355. The smallest absolute Gasteiger partial charge is 0.181 e. The summed E-state index contributed by atoms with van der Waals surface area (Å²) in [6.07, 6.45) is 1.95. The van der Waals surface area contributed by atoms with E-state index in [1.165, 1.54) is 50.2 Å². The maximum absolute atomic E-state index is 4.88. The Morgan fingerprint density at radius 2 is 1.39 bits per heavy atom. The van der Waals surface area contributed by atoms with Crippen molar-refractivity contribution in [1.82, 2.24) is 18.5 Å². The van der Waals surface area contributed by atoms with Crippen molar-refractivity contribution in [3.63, 3.8) is 0 Å². The third-order valence-corrected chi connectivity index (χ3v) is 10.4. The molecule has 3 aliphatic rings. The number of anilines is 2. The number of rotatable bonds is 4. The number of benzene rings is 4. The van der Waals surface area contributed by atoms with Crippen molar-refractivity contribution in [2.45, 2.75) is 52.4 Å². The summed E-state index contributed by atoms with van der Waals surface area (Å²) >= 11 is 0. The summed E-state index contributed by atoms with van der Waals surface area (Å²) in [7, 11) is 4.52. The van der Waals surface area contributed by atoms with Gasteiger partial charge in [0, 0.05) is 53.6 Å². The van der Waals surface area contributed by atoms with Crippen LogP contribution >= 0.6 is 0 Å². The van der Waals surface area contributed by atoms with Gasteiger partial charge in [0.25, 0.3) is 0 Å². The number of aromatic nitrogens is 2. The summed E-state index contributed by atoms with van der Waals surface area (Å²) in [5, 5.41) is 2.47. The highest BCUT2D eigenvalue weighted by atomic mass is 15.7. The molecular formula is C41H44N5+. The molecule has 0 radical (unpaired) electrons. The van der Waals surface area contributed by atoms with Crippen molar-refractivity contribution in [3.05, 3.63) is 121 Å². The van der Waals surface area contributed by atoms with Crippen molar-refractivity contribution in [3.8, 4) is 5.82 Å². The second-order valence-electron chi connectivity index (χ2n) is 15.6. The van der Waals surface area contributed by atoms with E-state index in [2.05, 4.69) is 169 Å². The Morgan fingerprint density at radius 1 is 0.696 bits per heavy atom. The monoisotopic (exact) mass is 606 g/mol. The lowest BCUT2D eigenvalue weighted by molar-refractivity contribution is 0.157. The first-order valence-corrected chi connectivity index (χ1v) is 16.4. The van der Waals surface area contributed by atoms with Crippen LogP contribution in [-0.4, -0.2) is 30.3 Å². The molecule has 2 atom stereocenters.